The van der Waals surface area contributed by atoms with Crippen molar-refractivity contribution in [3.05, 3.63) is 188 Å². The summed E-state index contributed by atoms with van der Waals surface area (Å²) >= 11 is 0. The third kappa shape index (κ3) is 9.41. The number of hydrogen-bond acceptors (Lipinski definition) is 7. The minimum atomic E-state index is -1.22. The van der Waals surface area contributed by atoms with Crippen molar-refractivity contribution in [3.63, 3.8) is 0 Å². The summed E-state index contributed by atoms with van der Waals surface area (Å²) in [5, 5.41) is 10.0. The van der Waals surface area contributed by atoms with Crippen LogP contribution < -0.4 is 23.7 Å². The van der Waals surface area contributed by atoms with E-state index >= 15 is 8.78 Å². The van der Waals surface area contributed by atoms with Crippen molar-refractivity contribution in [2.24, 2.45) is 0 Å². The van der Waals surface area contributed by atoms with Gasteiger partial charge in [0.2, 0.25) is 0 Å². The van der Waals surface area contributed by atoms with E-state index in [0.717, 1.165) is 55.7 Å². The molecule has 0 saturated heterocycles. The number of allylic oxidation sites excluding steroid dienone is 3. The maximum absolute atomic E-state index is 15.1. The zero-order valence-corrected chi connectivity index (χ0v) is 36.2. The quantitative estimate of drug-likeness (QED) is 0.0758. The Bertz CT molecular complexity index is 2780. The number of rotatable bonds is 16. The van der Waals surface area contributed by atoms with Gasteiger partial charge in [0.25, 0.3) is 0 Å². The molecule has 0 fully saturated rings. The molecule has 326 valence electrons. The molecule has 0 aromatic heterocycles. The second kappa shape index (κ2) is 19.0. The van der Waals surface area contributed by atoms with Crippen LogP contribution >= 0.6 is 0 Å². The highest BCUT2D eigenvalue weighted by atomic mass is 19.1. The van der Waals surface area contributed by atoms with Gasteiger partial charge in [-0.25, -0.2) is 18.4 Å². The van der Waals surface area contributed by atoms with Gasteiger partial charge < -0.3 is 28.8 Å². The van der Waals surface area contributed by atoms with Crippen LogP contribution in [0.25, 0.3) is 17.2 Å². The van der Waals surface area contributed by atoms with Crippen LogP contribution in [0.15, 0.2) is 109 Å². The van der Waals surface area contributed by atoms with Crippen molar-refractivity contribution < 1.29 is 47.2 Å². The molecule has 0 saturated carbocycles. The van der Waals surface area contributed by atoms with E-state index in [4.69, 9.17) is 23.7 Å². The molecule has 8 nitrogen and oxygen atoms in total. The van der Waals surface area contributed by atoms with Crippen molar-refractivity contribution in [2.75, 3.05) is 28.4 Å². The zero-order valence-electron chi connectivity index (χ0n) is 36.2. The van der Waals surface area contributed by atoms with Gasteiger partial charge in [0.05, 0.1) is 34.0 Å². The second-order valence-electron chi connectivity index (χ2n) is 16.0. The molecular formula is C54H48F2O8. The molecule has 0 amide bonds. The Kier molecular flexibility index (Phi) is 12.9. The van der Waals surface area contributed by atoms with Gasteiger partial charge in [-0.05, 0) is 179 Å². The summed E-state index contributed by atoms with van der Waals surface area (Å²) in [5.41, 5.74) is 11.0. The smallest absolute Gasteiger partial charge is 0.343 e. The molecule has 2 aliphatic rings. The summed E-state index contributed by atoms with van der Waals surface area (Å²) < 4.78 is 57.8. The fraction of sp³-hybridized carbons (Fsp3) is 0.222. The van der Waals surface area contributed by atoms with E-state index in [-0.39, 0.29) is 28.5 Å². The van der Waals surface area contributed by atoms with Crippen LogP contribution in [0.2, 0.25) is 0 Å². The average Bonchev–Trinajstić information content (AvgIpc) is 3.94. The number of carbonyl (C=O) groups is 2. The van der Waals surface area contributed by atoms with Crippen LogP contribution in [0.3, 0.4) is 0 Å². The summed E-state index contributed by atoms with van der Waals surface area (Å²) in [5.74, 6) is 0.241. The standard InChI is InChI=1S/C54H48F2O8/c1-60-41-25-34(26-42(30-41)61-2)23-39-14-19-45-48(55)21-16-36(51(39)45)10-5-32-6-12-38(13-7-32)54(59)64-50-29-33(9-18-47(50)53(57)58)8-11-37-17-22-49(56)46-20-15-40(52(37)46)24-35-27-43(62-3)31-44(28-35)63-4/h6-7,9,12-14,16-18,21-22,24-31H,5,8,10-11,15,19-20,23H2,1-4H3,(H,57,58)/b40-24+. The number of halogens is 2. The van der Waals surface area contributed by atoms with Gasteiger partial charge in [-0.15, -0.1) is 0 Å². The van der Waals surface area contributed by atoms with Crippen molar-refractivity contribution in [3.8, 4) is 28.7 Å². The molecule has 0 heterocycles. The Morgan fingerprint density at radius 2 is 1.19 bits per heavy atom. The largest absolute Gasteiger partial charge is 0.497 e. The molecule has 64 heavy (non-hydrogen) atoms. The first kappa shape index (κ1) is 43.4. The number of aryl methyl sites for hydroxylation is 4. The number of hydrogen-bond donors (Lipinski definition) is 1. The van der Waals surface area contributed by atoms with E-state index in [2.05, 4.69) is 6.08 Å². The topological polar surface area (TPSA) is 101 Å². The highest BCUT2D eigenvalue weighted by Gasteiger charge is 2.25. The second-order valence-corrected chi connectivity index (χ2v) is 16.0. The van der Waals surface area contributed by atoms with E-state index in [1.807, 2.05) is 54.6 Å². The van der Waals surface area contributed by atoms with Gasteiger partial charge in [-0.2, -0.15) is 0 Å². The Labute approximate surface area is 371 Å². The summed E-state index contributed by atoms with van der Waals surface area (Å²) in [6.07, 6.45) is 8.81. The number of esters is 1. The minimum Gasteiger partial charge on any atom is -0.497 e. The van der Waals surface area contributed by atoms with Crippen LogP contribution in [-0.2, 0) is 44.9 Å². The highest BCUT2D eigenvalue weighted by Crippen LogP contribution is 2.40. The van der Waals surface area contributed by atoms with Gasteiger partial charge >= 0.3 is 11.9 Å². The number of carboxylic acids is 1. The number of ether oxygens (including phenoxy) is 5. The maximum atomic E-state index is 15.1. The fourth-order valence-electron chi connectivity index (χ4n) is 8.83. The Morgan fingerprint density at radius 3 is 1.81 bits per heavy atom. The number of carbonyl (C=O) groups excluding carboxylic acids is 1. The molecule has 0 spiro atoms. The molecule has 0 unspecified atom stereocenters. The molecular weight excluding hydrogens is 815 g/mol. The molecule has 2 aliphatic carbocycles. The van der Waals surface area contributed by atoms with E-state index < -0.39 is 11.9 Å². The molecule has 0 radical (unpaired) electrons. The van der Waals surface area contributed by atoms with Gasteiger partial charge in [-0.1, -0.05) is 42.5 Å². The third-order valence-corrected chi connectivity index (χ3v) is 12.1. The predicted molar refractivity (Wildman–Crippen MR) is 243 cm³/mol. The summed E-state index contributed by atoms with van der Waals surface area (Å²) in [6, 6.07) is 29.8. The van der Waals surface area contributed by atoms with Gasteiger partial charge in [-0.3, -0.25) is 0 Å². The van der Waals surface area contributed by atoms with E-state index in [1.54, 1.807) is 64.8 Å². The van der Waals surface area contributed by atoms with E-state index in [1.165, 1.54) is 18.2 Å². The maximum Gasteiger partial charge on any atom is 0.343 e. The van der Waals surface area contributed by atoms with Crippen molar-refractivity contribution in [1.82, 2.24) is 0 Å². The molecule has 1 N–H and O–H groups in total. The first-order valence-electron chi connectivity index (χ1n) is 21.2. The van der Waals surface area contributed by atoms with E-state index in [9.17, 15) is 14.7 Å². The minimum absolute atomic E-state index is 0.0580. The lowest BCUT2D eigenvalue weighted by Crippen LogP contribution is -2.12. The van der Waals surface area contributed by atoms with Crippen molar-refractivity contribution in [2.45, 2.75) is 51.4 Å². The molecule has 6 aromatic carbocycles. The first-order valence-corrected chi connectivity index (χ1v) is 21.2. The van der Waals surface area contributed by atoms with Crippen molar-refractivity contribution >= 4 is 29.2 Å². The average molecular weight is 863 g/mol. The number of aromatic carboxylic acids is 1. The summed E-state index contributed by atoms with van der Waals surface area (Å²) in [4.78, 5) is 25.8. The van der Waals surface area contributed by atoms with Crippen LogP contribution in [0.5, 0.6) is 28.7 Å². The molecule has 0 atom stereocenters. The SMILES string of the molecule is COc1cc(/C=C2\CCc3c(F)ccc(CCc4ccc(C(=O)O)c(OC(=O)c5ccc(CCc6ccc(F)c7c6C(Cc6cc(OC)cc(OC)c6)=CC7)cc5)c4)c32)cc(OC)c1. The molecule has 0 aliphatic heterocycles. The van der Waals surface area contributed by atoms with Crippen LogP contribution in [-0.4, -0.2) is 45.5 Å². The number of methoxy groups -OCH3 is 4. The Balaban J connectivity index is 0.948. The molecule has 10 heteroatoms. The lowest BCUT2D eigenvalue weighted by Gasteiger charge is -2.15. The van der Waals surface area contributed by atoms with Gasteiger partial charge in [0.15, 0.2) is 0 Å². The number of benzene rings is 6. The number of fused-ring (bicyclic) bond motifs is 2. The highest BCUT2D eigenvalue weighted by molar-refractivity contribution is 5.95. The normalized spacial score (nSPS) is 13.3. The van der Waals surface area contributed by atoms with Crippen molar-refractivity contribution in [1.29, 1.82) is 0 Å². The Morgan fingerprint density at radius 1 is 0.609 bits per heavy atom. The summed E-state index contributed by atoms with van der Waals surface area (Å²) in [7, 11) is 6.41. The molecule has 6 aromatic rings. The number of carboxylic acid groups (broad SMARTS) is 1. The lowest BCUT2D eigenvalue weighted by atomic mass is 9.91. The fourth-order valence-corrected chi connectivity index (χ4v) is 8.83. The van der Waals surface area contributed by atoms with E-state index in [0.29, 0.717) is 85.5 Å². The third-order valence-electron chi connectivity index (χ3n) is 12.1. The monoisotopic (exact) mass is 862 g/mol. The van der Waals surface area contributed by atoms with Gasteiger partial charge in [0.1, 0.15) is 45.9 Å². The summed E-state index contributed by atoms with van der Waals surface area (Å²) in [6.45, 7) is 0. The van der Waals surface area contributed by atoms with Crippen LogP contribution in [0, 0.1) is 11.6 Å². The van der Waals surface area contributed by atoms with Crippen LogP contribution in [0.4, 0.5) is 8.78 Å². The predicted octanol–water partition coefficient (Wildman–Crippen LogP) is 11.2. The lowest BCUT2D eigenvalue weighted by molar-refractivity contribution is 0.0681. The van der Waals surface area contributed by atoms with Gasteiger partial charge in [0, 0.05) is 12.1 Å². The molecule has 8 rings (SSSR count). The molecule has 0 bridgehead atoms. The zero-order chi connectivity index (χ0) is 44.9. The Hall–Kier alpha value is -7.20. The van der Waals surface area contributed by atoms with Crippen LogP contribution in [0.1, 0.15) is 82.8 Å². The first-order chi connectivity index (χ1) is 31.0.